The number of carbonyl (C=O) groups excluding carboxylic acids is 1. The Balaban J connectivity index is 1.67. The molecule has 0 bridgehead atoms. The lowest BCUT2D eigenvalue weighted by Crippen LogP contribution is -2.27. The molecule has 0 fully saturated rings. The van der Waals surface area contributed by atoms with E-state index in [1.807, 2.05) is 17.5 Å². The number of fused-ring (bicyclic) bond motifs is 1. The van der Waals surface area contributed by atoms with Crippen LogP contribution in [0.25, 0.3) is 0 Å². The Bertz CT molecular complexity index is 770. The largest absolute Gasteiger partial charge is 0.272 e. The highest BCUT2D eigenvalue weighted by Crippen LogP contribution is 2.40. The van der Waals surface area contributed by atoms with Crippen LogP contribution in [0.15, 0.2) is 22.6 Å². The van der Waals surface area contributed by atoms with Gasteiger partial charge in [0.1, 0.15) is 0 Å². The zero-order valence-corrected chi connectivity index (χ0v) is 16.4. The zero-order valence-electron chi connectivity index (χ0n) is 14.1. The molecule has 1 N–H and O–H groups in total. The number of hydrogen-bond donors (Lipinski definition) is 1. The van der Waals surface area contributed by atoms with Gasteiger partial charge < -0.3 is 0 Å². The Labute approximate surface area is 155 Å². The molecule has 0 radical (unpaired) electrons. The summed E-state index contributed by atoms with van der Waals surface area (Å²) in [4.78, 5) is 14.7. The van der Waals surface area contributed by atoms with Gasteiger partial charge in [0.05, 0.1) is 16.1 Å². The third-order valence-electron chi connectivity index (χ3n) is 4.58. The van der Waals surface area contributed by atoms with E-state index in [2.05, 4.69) is 31.3 Å². The van der Waals surface area contributed by atoms with E-state index in [0.717, 1.165) is 29.7 Å². The second-order valence-electron chi connectivity index (χ2n) is 7.20. The van der Waals surface area contributed by atoms with Crippen LogP contribution < -0.4 is 5.43 Å². The lowest BCUT2D eigenvalue weighted by molar-refractivity contribution is 0.0954. The number of thiophene rings is 2. The Morgan fingerprint density at radius 3 is 2.88 bits per heavy atom. The van der Waals surface area contributed by atoms with E-state index in [0.29, 0.717) is 15.7 Å². The minimum Gasteiger partial charge on any atom is -0.267 e. The van der Waals surface area contributed by atoms with Crippen LogP contribution in [0.2, 0.25) is 4.34 Å². The van der Waals surface area contributed by atoms with Crippen LogP contribution in [0.5, 0.6) is 0 Å². The maximum absolute atomic E-state index is 12.4. The molecule has 1 atom stereocenters. The fraction of sp³-hybridized carbons (Fsp3) is 0.444. The van der Waals surface area contributed by atoms with Gasteiger partial charge in [-0.1, -0.05) is 32.4 Å². The van der Waals surface area contributed by atoms with E-state index >= 15 is 0 Å². The molecule has 0 spiro atoms. The van der Waals surface area contributed by atoms with Crippen LogP contribution >= 0.6 is 34.3 Å². The molecule has 128 valence electrons. The molecule has 2 aromatic heterocycles. The van der Waals surface area contributed by atoms with Crippen molar-refractivity contribution in [1.82, 2.24) is 5.43 Å². The highest BCUT2D eigenvalue weighted by molar-refractivity contribution is 7.17. The van der Waals surface area contributed by atoms with Gasteiger partial charge in [0, 0.05) is 15.1 Å². The van der Waals surface area contributed by atoms with E-state index in [4.69, 9.17) is 11.6 Å². The first-order valence-electron chi connectivity index (χ1n) is 8.02. The molecule has 0 aliphatic heterocycles. The van der Waals surface area contributed by atoms with Gasteiger partial charge in [-0.2, -0.15) is 5.10 Å². The number of hydrazone groups is 1. The molecule has 3 nitrogen and oxygen atoms in total. The SMILES string of the molecule is CC(C)(C)[C@@H]1CCc2c(C(=O)N/N=C/c3ccc(Cl)s3)csc2C1. The number of nitrogens with zero attached hydrogens (tertiary/aromatic N) is 1. The molecule has 2 aromatic rings. The van der Waals surface area contributed by atoms with Crippen molar-refractivity contribution in [2.24, 2.45) is 16.4 Å². The topological polar surface area (TPSA) is 41.5 Å². The molecule has 3 rings (SSSR count). The monoisotopic (exact) mass is 380 g/mol. The van der Waals surface area contributed by atoms with E-state index in [9.17, 15) is 4.79 Å². The number of carbonyl (C=O) groups is 1. The number of hydrogen-bond acceptors (Lipinski definition) is 4. The third kappa shape index (κ3) is 3.90. The Hall–Kier alpha value is -1.17. The molecule has 2 heterocycles. The fourth-order valence-electron chi connectivity index (χ4n) is 3.05. The van der Waals surface area contributed by atoms with Gasteiger partial charge >= 0.3 is 0 Å². The molecular weight excluding hydrogens is 360 g/mol. The highest BCUT2D eigenvalue weighted by atomic mass is 35.5. The van der Waals surface area contributed by atoms with Crippen LogP contribution in [0.1, 0.15) is 52.9 Å². The standard InChI is InChI=1S/C18H21ClN2OS2/c1-18(2,3)11-4-6-13-14(10-23-15(13)8-11)17(22)21-20-9-12-5-7-16(19)24-12/h5,7,9-11H,4,6,8H2,1-3H3,(H,21,22)/b20-9+/t11-/m1/s1. The first-order chi connectivity index (χ1) is 11.3. The van der Waals surface area contributed by atoms with Crippen molar-refractivity contribution in [3.8, 4) is 0 Å². The predicted molar refractivity (Wildman–Crippen MR) is 104 cm³/mol. The first-order valence-corrected chi connectivity index (χ1v) is 10.1. The molecule has 0 aromatic carbocycles. The Morgan fingerprint density at radius 2 is 2.21 bits per heavy atom. The lowest BCUT2D eigenvalue weighted by atomic mass is 9.72. The van der Waals surface area contributed by atoms with Gasteiger partial charge in [-0.25, -0.2) is 5.43 Å². The minimum absolute atomic E-state index is 0.124. The number of rotatable bonds is 3. The number of nitrogens with one attached hydrogen (secondary N) is 1. The molecular formula is C18H21ClN2OS2. The molecule has 0 saturated heterocycles. The van der Waals surface area contributed by atoms with Crippen molar-refractivity contribution < 1.29 is 4.79 Å². The summed E-state index contributed by atoms with van der Waals surface area (Å²) in [5.41, 5.74) is 4.95. The van der Waals surface area contributed by atoms with E-state index in [-0.39, 0.29) is 5.91 Å². The quantitative estimate of drug-likeness (QED) is 0.563. The summed E-state index contributed by atoms with van der Waals surface area (Å²) in [7, 11) is 0. The first kappa shape index (κ1) is 17.6. The normalized spacial score (nSPS) is 17.9. The second kappa shape index (κ2) is 6.98. The van der Waals surface area contributed by atoms with Crippen molar-refractivity contribution >= 4 is 46.4 Å². The average Bonchev–Trinajstić information content (AvgIpc) is 3.11. The molecule has 24 heavy (non-hydrogen) atoms. The van der Waals surface area contributed by atoms with Crippen molar-refractivity contribution in [2.45, 2.75) is 40.0 Å². The maximum Gasteiger partial charge on any atom is 0.272 e. The summed E-state index contributed by atoms with van der Waals surface area (Å²) in [6, 6.07) is 3.69. The summed E-state index contributed by atoms with van der Waals surface area (Å²) in [5, 5.41) is 6.02. The molecule has 1 amide bonds. The summed E-state index contributed by atoms with van der Waals surface area (Å²) >= 11 is 9.01. The van der Waals surface area contributed by atoms with Crippen LogP contribution in [0.3, 0.4) is 0 Å². The summed E-state index contributed by atoms with van der Waals surface area (Å²) in [6.07, 6.45) is 4.83. The fourth-order valence-corrected chi connectivity index (χ4v) is 5.15. The van der Waals surface area contributed by atoms with Crippen LogP contribution in [-0.4, -0.2) is 12.1 Å². The van der Waals surface area contributed by atoms with Crippen molar-refractivity contribution in [3.63, 3.8) is 0 Å². The third-order valence-corrected chi connectivity index (χ3v) is 6.79. The summed E-state index contributed by atoms with van der Waals surface area (Å²) < 4.78 is 0.711. The van der Waals surface area contributed by atoms with Gasteiger partial charge in [-0.15, -0.1) is 22.7 Å². The summed E-state index contributed by atoms with van der Waals surface area (Å²) in [6.45, 7) is 6.90. The molecule has 1 aliphatic rings. The molecule has 1 aliphatic carbocycles. The minimum atomic E-state index is -0.124. The number of halogens is 1. The lowest BCUT2D eigenvalue weighted by Gasteiger charge is -2.33. The van der Waals surface area contributed by atoms with E-state index < -0.39 is 0 Å². The van der Waals surface area contributed by atoms with E-state index in [1.165, 1.54) is 21.8 Å². The van der Waals surface area contributed by atoms with Crippen molar-refractivity contribution in [2.75, 3.05) is 0 Å². The predicted octanol–water partition coefficient (Wildman–Crippen LogP) is 5.38. The van der Waals surface area contributed by atoms with Gasteiger partial charge in [-0.05, 0) is 48.3 Å². The Morgan fingerprint density at radius 1 is 1.42 bits per heavy atom. The highest BCUT2D eigenvalue weighted by Gasteiger charge is 2.31. The van der Waals surface area contributed by atoms with Crippen LogP contribution in [-0.2, 0) is 12.8 Å². The smallest absolute Gasteiger partial charge is 0.267 e. The van der Waals surface area contributed by atoms with Crippen molar-refractivity contribution in [1.29, 1.82) is 0 Å². The molecule has 0 saturated carbocycles. The van der Waals surface area contributed by atoms with Crippen LogP contribution in [0.4, 0.5) is 0 Å². The molecule has 6 heteroatoms. The Kier molecular flexibility index (Phi) is 5.13. The number of amides is 1. The van der Waals surface area contributed by atoms with Gasteiger partial charge in [-0.3, -0.25) is 4.79 Å². The summed E-state index contributed by atoms with van der Waals surface area (Å²) in [5.74, 6) is 0.557. The average molecular weight is 381 g/mol. The second-order valence-corrected chi connectivity index (χ2v) is 9.91. The van der Waals surface area contributed by atoms with Gasteiger partial charge in [0.25, 0.3) is 5.91 Å². The molecule has 0 unspecified atom stereocenters. The van der Waals surface area contributed by atoms with E-state index in [1.54, 1.807) is 17.6 Å². The maximum atomic E-state index is 12.4. The van der Waals surface area contributed by atoms with Crippen molar-refractivity contribution in [3.05, 3.63) is 42.7 Å². The van der Waals surface area contributed by atoms with Crippen LogP contribution in [0, 0.1) is 11.3 Å². The van der Waals surface area contributed by atoms with Gasteiger partial charge in [0.15, 0.2) is 0 Å². The zero-order chi connectivity index (χ0) is 17.3. The van der Waals surface area contributed by atoms with Gasteiger partial charge in [0.2, 0.25) is 0 Å².